The SMILES string of the molecule is CC(C(=O)O)N1CCC(CNc2ncnc(N3CCOC[C@@H]3c3ccc(C(F)(F)F)cn3)c2F)CC1. The number of aromatic nitrogens is 3. The topological polar surface area (TPSA) is 104 Å². The molecule has 1 unspecified atom stereocenters. The first-order valence-electron chi connectivity index (χ1n) is 11.7. The summed E-state index contributed by atoms with van der Waals surface area (Å²) in [5.41, 5.74) is -0.546. The normalized spacial score (nSPS) is 20.8. The minimum atomic E-state index is -4.50. The van der Waals surface area contributed by atoms with Gasteiger partial charge in [-0.05, 0) is 50.9 Å². The van der Waals surface area contributed by atoms with E-state index in [0.29, 0.717) is 31.9 Å². The Morgan fingerprint density at radius 3 is 2.61 bits per heavy atom. The number of anilines is 2. The molecule has 2 aromatic rings. The summed E-state index contributed by atoms with van der Waals surface area (Å²) in [4.78, 5) is 26.8. The Hall–Kier alpha value is -3.06. The van der Waals surface area contributed by atoms with Crippen LogP contribution in [0.3, 0.4) is 0 Å². The highest BCUT2D eigenvalue weighted by atomic mass is 19.4. The molecule has 0 aromatic carbocycles. The van der Waals surface area contributed by atoms with E-state index in [1.807, 2.05) is 4.90 Å². The second kappa shape index (κ2) is 10.9. The average molecular weight is 513 g/mol. The fourth-order valence-electron chi connectivity index (χ4n) is 4.50. The molecule has 2 aliphatic rings. The Kier molecular flexibility index (Phi) is 7.88. The smallest absolute Gasteiger partial charge is 0.417 e. The molecule has 0 radical (unpaired) electrons. The monoisotopic (exact) mass is 512 g/mol. The van der Waals surface area contributed by atoms with Crippen LogP contribution >= 0.6 is 0 Å². The number of halogens is 4. The third-order valence-electron chi connectivity index (χ3n) is 6.74. The van der Waals surface area contributed by atoms with Crippen LogP contribution in [0.5, 0.6) is 0 Å². The molecular weight excluding hydrogens is 484 g/mol. The maximum absolute atomic E-state index is 15.5. The van der Waals surface area contributed by atoms with Gasteiger partial charge in [-0.1, -0.05) is 0 Å². The molecule has 0 bridgehead atoms. The first-order chi connectivity index (χ1) is 17.1. The number of rotatable bonds is 7. The van der Waals surface area contributed by atoms with E-state index in [-0.39, 0.29) is 30.7 Å². The van der Waals surface area contributed by atoms with Crippen molar-refractivity contribution in [1.29, 1.82) is 0 Å². The van der Waals surface area contributed by atoms with E-state index in [1.165, 1.54) is 12.4 Å². The predicted molar refractivity (Wildman–Crippen MR) is 122 cm³/mol. The lowest BCUT2D eigenvalue weighted by atomic mass is 9.96. The van der Waals surface area contributed by atoms with E-state index >= 15 is 4.39 Å². The zero-order valence-corrected chi connectivity index (χ0v) is 19.7. The Balaban J connectivity index is 1.44. The summed E-state index contributed by atoms with van der Waals surface area (Å²) in [6.07, 6.45) is -0.956. The average Bonchev–Trinajstić information content (AvgIpc) is 2.87. The number of hydrogen-bond acceptors (Lipinski definition) is 8. The fraction of sp³-hybridized carbons (Fsp3) is 0.565. The number of carbonyl (C=O) groups is 1. The standard InChI is InChI=1S/C23H28F4N6O3/c1-14(22(34)35)32-6-4-15(5-7-32)10-29-20-19(24)21(31-13-30-20)33-8-9-36-12-18(33)17-3-2-16(11-28-17)23(25,26)27/h2-3,11,13-15,18H,4-10,12H2,1H3,(H,34,35)(H,29,30,31)/t14?,18-/m1/s1. The van der Waals surface area contributed by atoms with Gasteiger partial charge in [0, 0.05) is 19.3 Å². The molecule has 2 fully saturated rings. The van der Waals surface area contributed by atoms with E-state index in [0.717, 1.165) is 25.1 Å². The molecule has 36 heavy (non-hydrogen) atoms. The molecule has 4 rings (SSSR count). The van der Waals surface area contributed by atoms with E-state index in [9.17, 15) is 23.1 Å². The van der Waals surface area contributed by atoms with E-state index in [2.05, 4.69) is 20.3 Å². The first-order valence-corrected chi connectivity index (χ1v) is 11.7. The van der Waals surface area contributed by atoms with Crippen LogP contribution in [0, 0.1) is 11.7 Å². The maximum Gasteiger partial charge on any atom is 0.417 e. The number of morpholine rings is 1. The van der Waals surface area contributed by atoms with Crippen LogP contribution in [0.4, 0.5) is 29.2 Å². The molecule has 2 aliphatic heterocycles. The van der Waals surface area contributed by atoms with Crippen molar-refractivity contribution in [1.82, 2.24) is 19.9 Å². The highest BCUT2D eigenvalue weighted by Crippen LogP contribution is 2.33. The van der Waals surface area contributed by atoms with Crippen molar-refractivity contribution in [2.24, 2.45) is 5.92 Å². The molecular formula is C23H28F4N6O3. The van der Waals surface area contributed by atoms with E-state index in [4.69, 9.17) is 4.74 Å². The van der Waals surface area contributed by atoms with Crippen LogP contribution in [0.1, 0.15) is 37.1 Å². The number of nitrogens with zero attached hydrogens (tertiary/aromatic N) is 5. The van der Waals surface area contributed by atoms with Crippen LogP contribution < -0.4 is 10.2 Å². The lowest BCUT2D eigenvalue weighted by molar-refractivity contribution is -0.143. The van der Waals surface area contributed by atoms with Crippen molar-refractivity contribution in [3.05, 3.63) is 41.7 Å². The Morgan fingerprint density at radius 1 is 1.22 bits per heavy atom. The van der Waals surface area contributed by atoms with Gasteiger partial charge in [0.2, 0.25) is 5.82 Å². The lowest BCUT2D eigenvalue weighted by Crippen LogP contribution is -2.44. The highest BCUT2D eigenvalue weighted by Gasteiger charge is 2.34. The quantitative estimate of drug-likeness (QED) is 0.542. The van der Waals surface area contributed by atoms with Crippen LogP contribution in [0.2, 0.25) is 0 Å². The highest BCUT2D eigenvalue weighted by molar-refractivity contribution is 5.72. The van der Waals surface area contributed by atoms with Crippen molar-refractivity contribution in [3.8, 4) is 0 Å². The summed E-state index contributed by atoms with van der Waals surface area (Å²) in [7, 11) is 0. The molecule has 196 valence electrons. The number of alkyl halides is 3. The van der Waals surface area contributed by atoms with Gasteiger partial charge in [0.15, 0.2) is 11.6 Å². The lowest BCUT2D eigenvalue weighted by Gasteiger charge is -2.36. The van der Waals surface area contributed by atoms with Crippen molar-refractivity contribution in [3.63, 3.8) is 0 Å². The summed E-state index contributed by atoms with van der Waals surface area (Å²) in [6, 6.07) is 1.06. The molecule has 0 spiro atoms. The van der Waals surface area contributed by atoms with Crippen molar-refractivity contribution < 1.29 is 32.2 Å². The minimum absolute atomic E-state index is 0.0209. The van der Waals surface area contributed by atoms with Crippen molar-refractivity contribution in [2.75, 3.05) is 49.6 Å². The molecule has 2 atom stereocenters. The number of hydrogen-bond donors (Lipinski definition) is 2. The fourth-order valence-corrected chi connectivity index (χ4v) is 4.50. The maximum atomic E-state index is 15.5. The second-order valence-electron chi connectivity index (χ2n) is 8.99. The van der Waals surface area contributed by atoms with Gasteiger partial charge in [-0.2, -0.15) is 17.6 Å². The van der Waals surface area contributed by atoms with Crippen molar-refractivity contribution in [2.45, 2.75) is 38.0 Å². The molecule has 13 heteroatoms. The van der Waals surface area contributed by atoms with E-state index in [1.54, 1.807) is 11.8 Å². The van der Waals surface area contributed by atoms with Gasteiger partial charge in [-0.15, -0.1) is 0 Å². The summed E-state index contributed by atoms with van der Waals surface area (Å²) in [5, 5.41) is 12.2. The zero-order valence-electron chi connectivity index (χ0n) is 19.7. The van der Waals surface area contributed by atoms with Gasteiger partial charge in [-0.25, -0.2) is 9.97 Å². The van der Waals surface area contributed by atoms with Crippen LogP contribution in [0.15, 0.2) is 24.7 Å². The number of piperidine rings is 1. The molecule has 0 amide bonds. The number of carboxylic acid groups (broad SMARTS) is 1. The van der Waals surface area contributed by atoms with Gasteiger partial charge in [-0.3, -0.25) is 14.7 Å². The molecule has 2 aromatic heterocycles. The van der Waals surface area contributed by atoms with Gasteiger partial charge >= 0.3 is 12.1 Å². The summed E-state index contributed by atoms with van der Waals surface area (Å²) >= 11 is 0. The second-order valence-corrected chi connectivity index (χ2v) is 8.99. The molecule has 0 aliphatic carbocycles. The number of nitrogens with one attached hydrogen (secondary N) is 1. The minimum Gasteiger partial charge on any atom is -0.480 e. The molecule has 4 heterocycles. The number of likely N-dealkylation sites (tertiary alicyclic amines) is 1. The number of carboxylic acids is 1. The largest absolute Gasteiger partial charge is 0.480 e. The summed E-state index contributed by atoms with van der Waals surface area (Å²) in [6.45, 7) is 4.13. The zero-order chi connectivity index (χ0) is 25.9. The van der Waals surface area contributed by atoms with Crippen LogP contribution in [0.25, 0.3) is 0 Å². The number of pyridine rings is 1. The van der Waals surface area contributed by atoms with Gasteiger partial charge in [0.05, 0.1) is 30.5 Å². The Bertz CT molecular complexity index is 1050. The van der Waals surface area contributed by atoms with Crippen LogP contribution in [-0.4, -0.2) is 76.4 Å². The predicted octanol–water partition coefficient (Wildman–Crippen LogP) is 3.20. The molecule has 2 saturated heterocycles. The van der Waals surface area contributed by atoms with Gasteiger partial charge in [0.25, 0.3) is 0 Å². The molecule has 2 N–H and O–H groups in total. The first kappa shape index (κ1) is 26.0. The third-order valence-corrected chi connectivity index (χ3v) is 6.74. The van der Waals surface area contributed by atoms with Crippen molar-refractivity contribution >= 4 is 17.6 Å². The van der Waals surface area contributed by atoms with E-state index < -0.39 is 35.6 Å². The Morgan fingerprint density at radius 2 is 1.97 bits per heavy atom. The van der Waals surface area contributed by atoms with Gasteiger partial charge < -0.3 is 20.1 Å². The Labute approximate surface area is 205 Å². The number of aliphatic carboxylic acids is 1. The van der Waals surface area contributed by atoms with Gasteiger partial charge in [0.1, 0.15) is 12.4 Å². The molecule has 9 nitrogen and oxygen atoms in total. The summed E-state index contributed by atoms with van der Waals surface area (Å²) in [5.74, 6) is -1.23. The third kappa shape index (κ3) is 5.84. The molecule has 0 saturated carbocycles. The summed E-state index contributed by atoms with van der Waals surface area (Å²) < 4.78 is 59.7. The number of ether oxygens (including phenoxy) is 1. The van der Waals surface area contributed by atoms with Crippen LogP contribution in [-0.2, 0) is 15.7 Å².